The molecule has 2 aromatic carbocycles. The van der Waals surface area contributed by atoms with Crippen molar-refractivity contribution >= 4 is 41.1 Å². The minimum atomic E-state index is -0.639. The number of nitrogens with zero attached hydrogens (tertiary/aromatic N) is 3. The summed E-state index contributed by atoms with van der Waals surface area (Å²) in [6, 6.07) is 17.0. The highest BCUT2D eigenvalue weighted by atomic mass is 35.5. The van der Waals surface area contributed by atoms with E-state index in [2.05, 4.69) is 5.10 Å². The Balaban J connectivity index is 1.82. The Hall–Kier alpha value is -3.51. The molecule has 1 aromatic heterocycles. The summed E-state index contributed by atoms with van der Waals surface area (Å²) >= 11 is 6.59. The van der Waals surface area contributed by atoms with E-state index in [0.717, 1.165) is 17.5 Å². The smallest absolute Gasteiger partial charge is 0.315 e. The van der Waals surface area contributed by atoms with E-state index >= 15 is 0 Å². The molecular weight excluding hydrogens is 450 g/mol. The van der Waals surface area contributed by atoms with Crippen molar-refractivity contribution in [2.24, 2.45) is 10.9 Å². The molecule has 1 aliphatic rings. The lowest BCUT2D eigenvalue weighted by Crippen LogP contribution is -2.35. The standard InChI is InChI=1S/C27H26ClN3O3/c1-3-10-22-25(27(33)34-4-2)24(19-13-8-9-14-21(19)28)20-17-29-31(26(20)30-22)23(32)16-15-18-11-6-5-7-12-18/h5-9,11-17,24-25H,3-4,10H2,1-2H3. The van der Waals surface area contributed by atoms with Gasteiger partial charge in [-0.25, -0.2) is 4.99 Å². The van der Waals surface area contributed by atoms with Gasteiger partial charge < -0.3 is 4.74 Å². The second-order valence-corrected chi connectivity index (χ2v) is 8.41. The van der Waals surface area contributed by atoms with Crippen LogP contribution in [0.2, 0.25) is 5.02 Å². The van der Waals surface area contributed by atoms with Crippen molar-refractivity contribution in [1.82, 2.24) is 9.78 Å². The van der Waals surface area contributed by atoms with Gasteiger partial charge in [0.05, 0.1) is 12.8 Å². The van der Waals surface area contributed by atoms with Crippen LogP contribution in [0.3, 0.4) is 0 Å². The summed E-state index contributed by atoms with van der Waals surface area (Å²) in [5.74, 6) is -1.34. The lowest BCUT2D eigenvalue weighted by Gasteiger charge is -2.31. The molecule has 0 fully saturated rings. The number of benzene rings is 2. The van der Waals surface area contributed by atoms with Crippen LogP contribution in [0.25, 0.3) is 6.08 Å². The predicted octanol–water partition coefficient (Wildman–Crippen LogP) is 6.09. The molecule has 3 aromatic rings. The molecule has 174 valence electrons. The number of rotatable bonds is 7. The number of esters is 1. The van der Waals surface area contributed by atoms with Gasteiger partial charge in [0.1, 0.15) is 5.92 Å². The fourth-order valence-electron chi connectivity index (χ4n) is 4.27. The first-order valence-electron chi connectivity index (χ1n) is 11.4. The van der Waals surface area contributed by atoms with Gasteiger partial charge in [-0.15, -0.1) is 0 Å². The number of hydrogen-bond donors (Lipinski definition) is 0. The minimum Gasteiger partial charge on any atom is -0.465 e. The zero-order valence-electron chi connectivity index (χ0n) is 19.1. The largest absolute Gasteiger partial charge is 0.465 e. The van der Waals surface area contributed by atoms with Crippen LogP contribution in [-0.2, 0) is 9.53 Å². The molecular formula is C27H26ClN3O3. The maximum Gasteiger partial charge on any atom is 0.315 e. The molecule has 1 aliphatic heterocycles. The van der Waals surface area contributed by atoms with Crippen LogP contribution in [0.15, 0.2) is 71.9 Å². The second kappa shape index (κ2) is 10.6. The van der Waals surface area contributed by atoms with Crippen LogP contribution < -0.4 is 0 Å². The number of aromatic nitrogens is 2. The van der Waals surface area contributed by atoms with Crippen molar-refractivity contribution in [3.8, 4) is 0 Å². The summed E-state index contributed by atoms with van der Waals surface area (Å²) < 4.78 is 6.73. The van der Waals surface area contributed by atoms with Crippen molar-refractivity contribution in [3.63, 3.8) is 0 Å². The fourth-order valence-corrected chi connectivity index (χ4v) is 4.53. The Morgan fingerprint density at radius 3 is 2.50 bits per heavy atom. The van der Waals surface area contributed by atoms with Gasteiger partial charge in [0.15, 0.2) is 5.82 Å². The third-order valence-corrected chi connectivity index (χ3v) is 6.11. The average Bonchev–Trinajstić information content (AvgIpc) is 3.27. The highest BCUT2D eigenvalue weighted by Gasteiger charge is 2.42. The highest BCUT2D eigenvalue weighted by Crippen LogP contribution is 2.45. The molecule has 0 bridgehead atoms. The summed E-state index contributed by atoms with van der Waals surface area (Å²) in [6.45, 7) is 4.07. The number of carbonyl (C=O) groups excluding carboxylic acids is 2. The number of ether oxygens (including phenoxy) is 1. The van der Waals surface area contributed by atoms with E-state index in [1.165, 1.54) is 10.8 Å². The van der Waals surface area contributed by atoms with Crippen LogP contribution in [-0.4, -0.2) is 34.0 Å². The van der Waals surface area contributed by atoms with E-state index in [0.29, 0.717) is 28.5 Å². The SMILES string of the molecule is CCCC1=Nc2c(cnn2C(=O)C=Cc2ccccc2)C(c2ccccc2Cl)C1C(=O)OCC. The third kappa shape index (κ3) is 4.73. The highest BCUT2D eigenvalue weighted by molar-refractivity contribution is 6.31. The molecule has 0 spiro atoms. The van der Waals surface area contributed by atoms with Crippen molar-refractivity contribution in [3.05, 3.63) is 88.6 Å². The molecule has 0 saturated heterocycles. The summed E-state index contributed by atoms with van der Waals surface area (Å²) in [7, 11) is 0. The Bertz CT molecular complexity index is 1250. The van der Waals surface area contributed by atoms with Gasteiger partial charge in [0, 0.05) is 28.3 Å². The predicted molar refractivity (Wildman–Crippen MR) is 134 cm³/mol. The monoisotopic (exact) mass is 475 g/mol. The van der Waals surface area contributed by atoms with Crippen LogP contribution in [0.4, 0.5) is 5.82 Å². The topological polar surface area (TPSA) is 73.5 Å². The molecule has 2 atom stereocenters. The molecule has 0 aliphatic carbocycles. The molecule has 6 nitrogen and oxygen atoms in total. The van der Waals surface area contributed by atoms with Gasteiger partial charge in [-0.1, -0.05) is 73.5 Å². The van der Waals surface area contributed by atoms with E-state index < -0.39 is 11.8 Å². The van der Waals surface area contributed by atoms with Crippen molar-refractivity contribution in [1.29, 1.82) is 0 Å². The van der Waals surface area contributed by atoms with Crippen molar-refractivity contribution < 1.29 is 14.3 Å². The minimum absolute atomic E-state index is 0.263. The Morgan fingerprint density at radius 2 is 1.79 bits per heavy atom. The molecule has 0 N–H and O–H groups in total. The molecule has 0 saturated carbocycles. The average molecular weight is 476 g/mol. The van der Waals surface area contributed by atoms with Gasteiger partial charge >= 0.3 is 5.97 Å². The van der Waals surface area contributed by atoms with Gasteiger partial charge in [-0.3, -0.25) is 9.59 Å². The number of carbonyl (C=O) groups is 2. The van der Waals surface area contributed by atoms with Gasteiger partial charge in [0.2, 0.25) is 0 Å². The van der Waals surface area contributed by atoms with Crippen molar-refractivity contribution in [2.45, 2.75) is 32.6 Å². The summed E-state index contributed by atoms with van der Waals surface area (Å²) in [5, 5.41) is 4.90. The van der Waals surface area contributed by atoms with Crippen molar-refractivity contribution in [2.75, 3.05) is 6.61 Å². The number of halogens is 1. The maximum atomic E-state index is 13.1. The Morgan fingerprint density at radius 1 is 1.06 bits per heavy atom. The first kappa shape index (κ1) is 23.6. The van der Waals surface area contributed by atoms with E-state index in [4.69, 9.17) is 21.3 Å². The van der Waals surface area contributed by atoms with Crippen LogP contribution in [0.5, 0.6) is 0 Å². The number of fused-ring (bicyclic) bond motifs is 1. The van der Waals surface area contributed by atoms with Gasteiger partial charge in [0.25, 0.3) is 5.91 Å². The molecule has 4 rings (SSSR count). The zero-order valence-corrected chi connectivity index (χ0v) is 19.9. The lowest BCUT2D eigenvalue weighted by atomic mass is 9.76. The first-order chi connectivity index (χ1) is 16.5. The van der Waals surface area contributed by atoms with E-state index in [1.54, 1.807) is 25.3 Å². The number of hydrogen-bond acceptors (Lipinski definition) is 5. The van der Waals surface area contributed by atoms with E-state index in [9.17, 15) is 9.59 Å². The molecule has 0 amide bonds. The normalized spacial score (nSPS) is 17.3. The number of allylic oxidation sites excluding steroid dienone is 1. The quantitative estimate of drug-likeness (QED) is 0.306. The summed E-state index contributed by atoms with van der Waals surface area (Å²) in [4.78, 5) is 31.0. The third-order valence-electron chi connectivity index (χ3n) is 5.76. The van der Waals surface area contributed by atoms with Crippen LogP contribution in [0.1, 0.15) is 54.1 Å². The summed E-state index contributed by atoms with van der Waals surface area (Å²) in [6.07, 6.45) is 6.19. The van der Waals surface area contributed by atoms with Gasteiger partial charge in [-0.2, -0.15) is 9.78 Å². The van der Waals surface area contributed by atoms with Gasteiger partial charge in [-0.05, 0) is 36.6 Å². The molecule has 7 heteroatoms. The van der Waals surface area contributed by atoms with Crippen LogP contribution in [0, 0.1) is 5.92 Å². The zero-order chi connectivity index (χ0) is 24.1. The molecule has 2 unspecified atom stereocenters. The number of aliphatic imine (C=N–C) groups is 1. The Labute approximate surface area is 203 Å². The molecule has 2 heterocycles. The molecule has 34 heavy (non-hydrogen) atoms. The second-order valence-electron chi connectivity index (χ2n) is 8.00. The van der Waals surface area contributed by atoms with E-state index in [-0.39, 0.29) is 18.5 Å². The first-order valence-corrected chi connectivity index (χ1v) is 11.8. The van der Waals surface area contributed by atoms with E-state index in [1.807, 2.05) is 55.5 Å². The fraction of sp³-hybridized carbons (Fsp3) is 0.259. The molecule has 0 radical (unpaired) electrons. The van der Waals surface area contributed by atoms with Crippen LogP contribution >= 0.6 is 11.6 Å². The summed E-state index contributed by atoms with van der Waals surface area (Å²) in [5.41, 5.74) is 3.02. The lowest BCUT2D eigenvalue weighted by molar-refractivity contribution is -0.146. The Kier molecular flexibility index (Phi) is 7.38. The maximum absolute atomic E-state index is 13.1.